The molecule has 142 valence electrons. The molecule has 3 aromatic rings. The van der Waals surface area contributed by atoms with E-state index in [-0.39, 0.29) is 12.5 Å². The number of hydrogen-bond acceptors (Lipinski definition) is 3. The van der Waals surface area contributed by atoms with E-state index in [1.165, 1.54) is 5.56 Å². The molecular formula is C24H23NO3. The van der Waals surface area contributed by atoms with Gasteiger partial charge in [-0.05, 0) is 29.7 Å². The molecule has 0 atom stereocenters. The number of carbonyl (C=O) groups excluding carboxylic acids is 2. The molecular weight excluding hydrogens is 350 g/mol. The molecule has 3 aromatic carbocycles. The fraction of sp³-hybridized carbons (Fsp3) is 0.167. The third-order valence-corrected chi connectivity index (χ3v) is 4.52. The summed E-state index contributed by atoms with van der Waals surface area (Å²) in [4.78, 5) is 26.5. The van der Waals surface area contributed by atoms with Crippen LogP contribution in [0.25, 0.3) is 11.1 Å². The van der Waals surface area contributed by atoms with Gasteiger partial charge in [0.05, 0.1) is 5.56 Å². The molecule has 0 saturated carbocycles. The molecule has 0 aliphatic carbocycles. The van der Waals surface area contributed by atoms with Gasteiger partial charge >= 0.3 is 5.97 Å². The van der Waals surface area contributed by atoms with Crippen molar-refractivity contribution in [2.24, 2.45) is 0 Å². The van der Waals surface area contributed by atoms with Crippen molar-refractivity contribution in [2.45, 2.75) is 13.5 Å². The Morgan fingerprint density at radius 3 is 2.21 bits per heavy atom. The summed E-state index contributed by atoms with van der Waals surface area (Å²) in [5.41, 5.74) is 4.36. The molecule has 0 aliphatic heterocycles. The highest BCUT2D eigenvalue weighted by Crippen LogP contribution is 2.24. The third kappa shape index (κ3) is 4.86. The molecule has 0 aromatic heterocycles. The smallest absolute Gasteiger partial charge is 0.339 e. The topological polar surface area (TPSA) is 46.6 Å². The van der Waals surface area contributed by atoms with E-state index in [2.05, 4.69) is 0 Å². The Morgan fingerprint density at radius 1 is 0.857 bits per heavy atom. The van der Waals surface area contributed by atoms with Crippen LogP contribution in [0.15, 0.2) is 78.9 Å². The number of amides is 1. The average Bonchev–Trinajstić information content (AvgIpc) is 2.74. The van der Waals surface area contributed by atoms with E-state index in [4.69, 9.17) is 4.74 Å². The molecule has 1 amide bonds. The molecule has 4 heteroatoms. The van der Waals surface area contributed by atoms with Crippen LogP contribution in [0.3, 0.4) is 0 Å². The Balaban J connectivity index is 1.62. The Hall–Kier alpha value is -3.40. The fourth-order valence-electron chi connectivity index (χ4n) is 2.90. The summed E-state index contributed by atoms with van der Waals surface area (Å²) >= 11 is 0. The molecule has 0 radical (unpaired) electrons. The second-order valence-electron chi connectivity index (χ2n) is 6.72. The summed E-state index contributed by atoms with van der Waals surface area (Å²) in [6.07, 6.45) is 0. The first-order valence-electron chi connectivity index (χ1n) is 9.15. The summed E-state index contributed by atoms with van der Waals surface area (Å²) in [7, 11) is 1.70. The monoisotopic (exact) mass is 373 g/mol. The molecule has 28 heavy (non-hydrogen) atoms. The van der Waals surface area contributed by atoms with E-state index in [9.17, 15) is 9.59 Å². The van der Waals surface area contributed by atoms with Crippen LogP contribution >= 0.6 is 0 Å². The fourth-order valence-corrected chi connectivity index (χ4v) is 2.90. The van der Waals surface area contributed by atoms with Crippen molar-refractivity contribution in [3.8, 4) is 11.1 Å². The standard InChI is InChI=1S/C24H23NO3/c1-18-12-14-19(15-13-18)16-25(2)23(26)17-28-24(27)22-11-7-6-10-21(22)20-8-4-3-5-9-20/h3-15H,16-17H2,1-2H3. The van der Waals surface area contributed by atoms with Crippen molar-refractivity contribution in [1.82, 2.24) is 4.90 Å². The maximum Gasteiger partial charge on any atom is 0.339 e. The van der Waals surface area contributed by atoms with Gasteiger partial charge < -0.3 is 9.64 Å². The predicted molar refractivity (Wildman–Crippen MR) is 110 cm³/mol. The summed E-state index contributed by atoms with van der Waals surface area (Å²) in [5.74, 6) is -0.748. The lowest BCUT2D eigenvalue weighted by atomic mass is 10.00. The van der Waals surface area contributed by atoms with E-state index < -0.39 is 5.97 Å². The van der Waals surface area contributed by atoms with Crippen LogP contribution in [0.2, 0.25) is 0 Å². The zero-order valence-corrected chi connectivity index (χ0v) is 16.1. The minimum atomic E-state index is -0.503. The predicted octanol–water partition coefficient (Wildman–Crippen LogP) is 4.48. The Labute approximate surface area is 165 Å². The van der Waals surface area contributed by atoms with Gasteiger partial charge in [0.25, 0.3) is 5.91 Å². The summed E-state index contributed by atoms with van der Waals surface area (Å²) in [6.45, 7) is 2.20. The third-order valence-electron chi connectivity index (χ3n) is 4.52. The molecule has 3 rings (SSSR count). The molecule has 0 unspecified atom stereocenters. The molecule has 0 heterocycles. The zero-order valence-electron chi connectivity index (χ0n) is 16.1. The SMILES string of the molecule is Cc1ccc(CN(C)C(=O)COC(=O)c2ccccc2-c2ccccc2)cc1. The maximum atomic E-state index is 12.6. The lowest BCUT2D eigenvalue weighted by molar-refractivity contribution is -0.133. The molecule has 0 fully saturated rings. The highest BCUT2D eigenvalue weighted by molar-refractivity contribution is 5.98. The van der Waals surface area contributed by atoms with Crippen molar-refractivity contribution in [3.63, 3.8) is 0 Å². The first-order valence-corrected chi connectivity index (χ1v) is 9.15. The second-order valence-corrected chi connectivity index (χ2v) is 6.72. The number of esters is 1. The van der Waals surface area contributed by atoms with Crippen LogP contribution in [0.4, 0.5) is 0 Å². The molecule has 0 aliphatic rings. The molecule has 0 spiro atoms. The minimum absolute atomic E-state index is 0.244. The number of carbonyl (C=O) groups is 2. The summed E-state index contributed by atoms with van der Waals surface area (Å²) in [6, 6.07) is 24.9. The van der Waals surface area contributed by atoms with Gasteiger partial charge in [0.2, 0.25) is 0 Å². The van der Waals surface area contributed by atoms with Crippen LogP contribution in [-0.2, 0) is 16.1 Å². The van der Waals surface area contributed by atoms with Crippen LogP contribution < -0.4 is 0 Å². The van der Waals surface area contributed by atoms with Gasteiger partial charge in [0.1, 0.15) is 0 Å². The van der Waals surface area contributed by atoms with Crippen molar-refractivity contribution < 1.29 is 14.3 Å². The number of aryl methyl sites for hydroxylation is 1. The van der Waals surface area contributed by atoms with Gasteiger partial charge in [-0.2, -0.15) is 0 Å². The van der Waals surface area contributed by atoms with E-state index in [0.29, 0.717) is 12.1 Å². The van der Waals surface area contributed by atoms with Crippen LogP contribution in [0.5, 0.6) is 0 Å². The first kappa shape index (κ1) is 19.4. The van der Waals surface area contributed by atoms with E-state index in [1.54, 1.807) is 24.1 Å². The quantitative estimate of drug-likeness (QED) is 0.599. The Bertz CT molecular complexity index is 949. The van der Waals surface area contributed by atoms with Crippen molar-refractivity contribution in [2.75, 3.05) is 13.7 Å². The van der Waals surface area contributed by atoms with Crippen LogP contribution in [-0.4, -0.2) is 30.4 Å². The van der Waals surface area contributed by atoms with Gasteiger partial charge in [-0.15, -0.1) is 0 Å². The lowest BCUT2D eigenvalue weighted by Gasteiger charge is -2.17. The van der Waals surface area contributed by atoms with Crippen LogP contribution in [0.1, 0.15) is 21.5 Å². The van der Waals surface area contributed by atoms with Gasteiger partial charge in [0, 0.05) is 13.6 Å². The molecule has 0 saturated heterocycles. The van der Waals surface area contributed by atoms with Crippen LogP contribution in [0, 0.1) is 6.92 Å². The average molecular weight is 373 g/mol. The van der Waals surface area contributed by atoms with Gasteiger partial charge in [-0.25, -0.2) is 4.79 Å². The molecule has 0 N–H and O–H groups in total. The largest absolute Gasteiger partial charge is 0.452 e. The lowest BCUT2D eigenvalue weighted by Crippen LogP contribution is -2.30. The number of benzene rings is 3. The highest BCUT2D eigenvalue weighted by atomic mass is 16.5. The number of ether oxygens (including phenoxy) is 1. The van der Waals surface area contributed by atoms with E-state index >= 15 is 0 Å². The molecule has 0 bridgehead atoms. The zero-order chi connectivity index (χ0) is 19.9. The minimum Gasteiger partial charge on any atom is -0.452 e. The number of hydrogen-bond donors (Lipinski definition) is 0. The van der Waals surface area contributed by atoms with E-state index in [0.717, 1.165) is 16.7 Å². The maximum absolute atomic E-state index is 12.6. The van der Waals surface area contributed by atoms with Crippen molar-refractivity contribution >= 4 is 11.9 Å². The number of nitrogens with zero attached hydrogens (tertiary/aromatic N) is 1. The number of rotatable bonds is 6. The van der Waals surface area contributed by atoms with Crippen molar-refractivity contribution in [3.05, 3.63) is 95.6 Å². The highest BCUT2D eigenvalue weighted by Gasteiger charge is 2.17. The van der Waals surface area contributed by atoms with Gasteiger partial charge in [0.15, 0.2) is 6.61 Å². The summed E-state index contributed by atoms with van der Waals surface area (Å²) in [5, 5.41) is 0. The van der Waals surface area contributed by atoms with E-state index in [1.807, 2.05) is 73.7 Å². The summed E-state index contributed by atoms with van der Waals surface area (Å²) < 4.78 is 5.30. The Morgan fingerprint density at radius 2 is 1.50 bits per heavy atom. The molecule has 4 nitrogen and oxygen atoms in total. The van der Waals surface area contributed by atoms with Gasteiger partial charge in [-0.3, -0.25) is 4.79 Å². The van der Waals surface area contributed by atoms with Crippen molar-refractivity contribution in [1.29, 1.82) is 0 Å². The Kier molecular flexibility index (Phi) is 6.22. The first-order chi connectivity index (χ1) is 13.5. The number of likely N-dealkylation sites (N-methyl/N-ethyl adjacent to an activating group) is 1. The van der Waals surface area contributed by atoms with Gasteiger partial charge in [-0.1, -0.05) is 78.4 Å². The second kappa shape index (κ2) is 9.00. The normalized spacial score (nSPS) is 10.4.